The number of carbonyl (C=O) groups is 2. The van der Waals surface area contributed by atoms with Crippen LogP contribution in [-0.4, -0.2) is 49.7 Å². The quantitative estimate of drug-likeness (QED) is 0.793. The summed E-state index contributed by atoms with van der Waals surface area (Å²) in [7, 11) is 1.35. The summed E-state index contributed by atoms with van der Waals surface area (Å²) in [4.78, 5) is 24.6. The number of primary amides is 1. The molecule has 0 radical (unpaired) electrons. The molecule has 1 heterocycles. The third-order valence-electron chi connectivity index (χ3n) is 3.26. The number of rotatable bonds is 4. The average molecular weight is 278 g/mol. The predicted octanol–water partition coefficient (Wildman–Crippen LogP) is 0.159. The molecule has 2 rings (SSSR count). The van der Waals surface area contributed by atoms with Gasteiger partial charge in [0, 0.05) is 25.2 Å². The molecule has 1 aromatic carbocycles. The maximum Gasteiger partial charge on any atom is 0.336 e. The van der Waals surface area contributed by atoms with Crippen molar-refractivity contribution in [2.75, 3.05) is 26.8 Å². The largest absolute Gasteiger partial charge is 0.467 e. The lowest BCUT2D eigenvalue weighted by Crippen LogP contribution is -2.46. The molecule has 0 bridgehead atoms. The zero-order chi connectivity index (χ0) is 14.5. The lowest BCUT2D eigenvalue weighted by molar-refractivity contribution is -0.160. The van der Waals surface area contributed by atoms with Gasteiger partial charge in [-0.15, -0.1) is 0 Å². The normalized spacial score (nSPS) is 19.6. The zero-order valence-electron chi connectivity index (χ0n) is 11.4. The first-order valence-electron chi connectivity index (χ1n) is 6.40. The molecule has 6 nitrogen and oxygen atoms in total. The van der Waals surface area contributed by atoms with E-state index in [4.69, 9.17) is 10.5 Å². The van der Waals surface area contributed by atoms with Crippen LogP contribution in [0.5, 0.6) is 0 Å². The molecule has 1 amide bonds. The Hall–Kier alpha value is -1.92. The van der Waals surface area contributed by atoms with Crippen LogP contribution >= 0.6 is 0 Å². The van der Waals surface area contributed by atoms with Crippen molar-refractivity contribution in [2.24, 2.45) is 5.73 Å². The maximum atomic E-state index is 11.5. The molecular weight excluding hydrogens is 260 g/mol. The fourth-order valence-electron chi connectivity index (χ4n) is 2.15. The van der Waals surface area contributed by atoms with Crippen LogP contribution < -0.4 is 5.73 Å². The molecule has 6 heteroatoms. The molecular formula is C14H18N2O4. The predicted molar refractivity (Wildman–Crippen MR) is 72.0 cm³/mol. The minimum atomic E-state index is -0.529. The van der Waals surface area contributed by atoms with E-state index in [1.165, 1.54) is 7.11 Å². The molecule has 2 N–H and O–H groups in total. The van der Waals surface area contributed by atoms with Gasteiger partial charge in [0.05, 0.1) is 13.7 Å². The first-order chi connectivity index (χ1) is 9.60. The Morgan fingerprint density at radius 3 is 2.70 bits per heavy atom. The van der Waals surface area contributed by atoms with Crippen molar-refractivity contribution >= 4 is 11.9 Å². The number of esters is 1. The van der Waals surface area contributed by atoms with E-state index in [0.717, 1.165) is 12.1 Å². The second-order valence-electron chi connectivity index (χ2n) is 4.68. The van der Waals surface area contributed by atoms with Crippen LogP contribution in [0.3, 0.4) is 0 Å². The van der Waals surface area contributed by atoms with E-state index in [2.05, 4.69) is 9.64 Å². The summed E-state index contributed by atoms with van der Waals surface area (Å²) in [5.41, 5.74) is 6.74. The first-order valence-corrected chi connectivity index (χ1v) is 6.40. The lowest BCUT2D eigenvalue weighted by Gasteiger charge is -2.31. The highest BCUT2D eigenvalue weighted by Gasteiger charge is 2.27. The second-order valence-corrected chi connectivity index (χ2v) is 4.68. The van der Waals surface area contributed by atoms with Gasteiger partial charge in [0.2, 0.25) is 5.91 Å². The standard InChI is InChI=1S/C14H18N2O4/c1-19-14(18)12-9-16(6-7-20-12)8-10-2-4-11(5-3-10)13(15)17/h2-5,12H,6-9H2,1H3,(H2,15,17). The van der Waals surface area contributed by atoms with E-state index in [1.54, 1.807) is 12.1 Å². The molecule has 0 saturated carbocycles. The SMILES string of the molecule is COC(=O)C1CN(Cc2ccc(C(N)=O)cc2)CCO1. The number of nitrogens with zero attached hydrogens (tertiary/aromatic N) is 1. The Bertz CT molecular complexity index is 486. The van der Waals surface area contributed by atoms with Crippen molar-refractivity contribution in [1.29, 1.82) is 0 Å². The van der Waals surface area contributed by atoms with E-state index in [9.17, 15) is 9.59 Å². The summed E-state index contributed by atoms with van der Waals surface area (Å²) >= 11 is 0. The molecule has 1 aliphatic heterocycles. The van der Waals surface area contributed by atoms with Crippen LogP contribution in [0.2, 0.25) is 0 Å². The molecule has 0 spiro atoms. The van der Waals surface area contributed by atoms with E-state index in [-0.39, 0.29) is 5.97 Å². The Balaban J connectivity index is 1.95. The molecule has 1 unspecified atom stereocenters. The summed E-state index contributed by atoms with van der Waals surface area (Å²) in [5.74, 6) is -0.785. The molecule has 1 atom stereocenters. The van der Waals surface area contributed by atoms with Crippen molar-refractivity contribution in [3.05, 3.63) is 35.4 Å². The Morgan fingerprint density at radius 2 is 2.10 bits per heavy atom. The summed E-state index contributed by atoms with van der Waals surface area (Å²) in [6.07, 6.45) is -0.529. The Morgan fingerprint density at radius 1 is 1.40 bits per heavy atom. The van der Waals surface area contributed by atoms with Crippen molar-refractivity contribution in [2.45, 2.75) is 12.6 Å². The number of amides is 1. The number of hydrogen-bond acceptors (Lipinski definition) is 5. The fraction of sp³-hybridized carbons (Fsp3) is 0.429. The van der Waals surface area contributed by atoms with Gasteiger partial charge in [0.1, 0.15) is 0 Å². The first kappa shape index (κ1) is 14.5. The number of benzene rings is 1. The number of nitrogens with two attached hydrogens (primary N) is 1. The Kier molecular flexibility index (Phi) is 4.70. The van der Waals surface area contributed by atoms with Gasteiger partial charge >= 0.3 is 5.97 Å². The summed E-state index contributed by atoms with van der Waals surface area (Å²) in [6, 6.07) is 7.14. The fourth-order valence-corrected chi connectivity index (χ4v) is 2.15. The van der Waals surface area contributed by atoms with Crippen LogP contribution in [0, 0.1) is 0 Å². The third kappa shape index (κ3) is 3.55. The number of morpholine rings is 1. The minimum Gasteiger partial charge on any atom is -0.467 e. The van der Waals surface area contributed by atoms with Crippen molar-refractivity contribution < 1.29 is 19.1 Å². The Labute approximate surface area is 117 Å². The van der Waals surface area contributed by atoms with Crippen LogP contribution in [0.15, 0.2) is 24.3 Å². The lowest BCUT2D eigenvalue weighted by atomic mass is 10.1. The topological polar surface area (TPSA) is 81.9 Å². The minimum absolute atomic E-state index is 0.348. The van der Waals surface area contributed by atoms with Crippen molar-refractivity contribution in [1.82, 2.24) is 4.90 Å². The van der Waals surface area contributed by atoms with Gasteiger partial charge in [-0.3, -0.25) is 9.69 Å². The number of carbonyl (C=O) groups excluding carboxylic acids is 2. The monoisotopic (exact) mass is 278 g/mol. The number of ether oxygens (including phenoxy) is 2. The number of hydrogen-bond donors (Lipinski definition) is 1. The van der Waals surface area contributed by atoms with Crippen molar-refractivity contribution in [3.8, 4) is 0 Å². The molecule has 1 aromatic rings. The van der Waals surface area contributed by atoms with Gasteiger partial charge in [0.15, 0.2) is 6.10 Å². The van der Waals surface area contributed by atoms with E-state index >= 15 is 0 Å². The molecule has 20 heavy (non-hydrogen) atoms. The van der Waals surface area contributed by atoms with Crippen molar-refractivity contribution in [3.63, 3.8) is 0 Å². The highest BCUT2D eigenvalue weighted by Crippen LogP contribution is 2.12. The smallest absolute Gasteiger partial charge is 0.336 e. The summed E-state index contributed by atoms with van der Waals surface area (Å²) < 4.78 is 10.1. The van der Waals surface area contributed by atoms with Gasteiger partial charge in [-0.25, -0.2) is 4.79 Å². The molecule has 1 aliphatic rings. The molecule has 1 saturated heterocycles. The average Bonchev–Trinajstić information content (AvgIpc) is 2.47. The summed E-state index contributed by atoms with van der Waals surface area (Å²) in [5, 5.41) is 0. The zero-order valence-corrected chi connectivity index (χ0v) is 11.4. The third-order valence-corrected chi connectivity index (χ3v) is 3.26. The van der Waals surface area contributed by atoms with Gasteiger partial charge in [-0.05, 0) is 17.7 Å². The van der Waals surface area contributed by atoms with Gasteiger partial charge in [-0.2, -0.15) is 0 Å². The molecule has 0 aromatic heterocycles. The van der Waals surface area contributed by atoms with Crippen LogP contribution in [0.25, 0.3) is 0 Å². The maximum absolute atomic E-state index is 11.5. The second kappa shape index (κ2) is 6.49. The molecule has 0 aliphatic carbocycles. The molecule has 108 valence electrons. The van der Waals surface area contributed by atoms with Gasteiger partial charge in [0.25, 0.3) is 0 Å². The summed E-state index contributed by atoms with van der Waals surface area (Å²) in [6.45, 7) is 2.45. The van der Waals surface area contributed by atoms with Crippen LogP contribution in [0.1, 0.15) is 15.9 Å². The van der Waals surface area contributed by atoms with Gasteiger partial charge < -0.3 is 15.2 Å². The number of methoxy groups -OCH3 is 1. The van der Waals surface area contributed by atoms with E-state index in [1.807, 2.05) is 12.1 Å². The van der Waals surface area contributed by atoms with E-state index in [0.29, 0.717) is 25.3 Å². The highest BCUT2D eigenvalue weighted by atomic mass is 16.6. The van der Waals surface area contributed by atoms with Gasteiger partial charge in [-0.1, -0.05) is 12.1 Å². The van der Waals surface area contributed by atoms with E-state index < -0.39 is 12.0 Å². The van der Waals surface area contributed by atoms with Crippen LogP contribution in [-0.2, 0) is 20.8 Å². The highest BCUT2D eigenvalue weighted by molar-refractivity contribution is 5.92. The van der Waals surface area contributed by atoms with Crippen LogP contribution in [0.4, 0.5) is 0 Å². The molecule has 1 fully saturated rings.